The second-order valence-electron chi connectivity index (χ2n) is 6.32. The first-order valence-corrected chi connectivity index (χ1v) is 8.34. The van der Waals surface area contributed by atoms with Crippen LogP contribution in [0, 0.1) is 0 Å². The molecule has 0 amide bonds. The largest absolute Gasteiger partial charge is 0.386 e. The molecule has 0 saturated carbocycles. The fourth-order valence-corrected chi connectivity index (χ4v) is 2.69. The van der Waals surface area contributed by atoms with E-state index in [1.54, 1.807) is 7.05 Å². The molecule has 2 unspecified atom stereocenters. The lowest BCUT2D eigenvalue weighted by atomic mass is 10.0. The van der Waals surface area contributed by atoms with Gasteiger partial charge in [0.05, 0.1) is 6.04 Å². The number of aliphatic hydroxyl groups excluding tert-OH is 1. The van der Waals surface area contributed by atoms with Gasteiger partial charge in [0.15, 0.2) is 11.2 Å². The third kappa shape index (κ3) is 3.38. The molecule has 2 heterocycles. The number of aromatic amines is 1. The second kappa shape index (κ2) is 7.16. The number of nitrogens with one attached hydrogen (secondary N) is 1. The summed E-state index contributed by atoms with van der Waals surface area (Å²) in [5.74, 6) is 0.0940. The number of nitrogens with zero attached hydrogens (tertiary/aromatic N) is 6. The molecule has 142 valence electrons. The summed E-state index contributed by atoms with van der Waals surface area (Å²) in [5.41, 5.74) is 0.197. The molecule has 0 aliphatic heterocycles. The molecular weight excluding hydrogens is 350 g/mol. The van der Waals surface area contributed by atoms with Gasteiger partial charge >= 0.3 is 5.69 Å². The molecule has 2 aromatic heterocycles. The Morgan fingerprint density at radius 1 is 1.19 bits per heavy atom. The van der Waals surface area contributed by atoms with Crippen molar-refractivity contribution >= 4 is 17.1 Å². The monoisotopic (exact) mass is 371 g/mol. The van der Waals surface area contributed by atoms with E-state index in [0.29, 0.717) is 0 Å². The number of hydrogen-bond donors (Lipinski definition) is 2. The van der Waals surface area contributed by atoms with Gasteiger partial charge in [-0.15, -0.1) is 0 Å². The van der Waals surface area contributed by atoms with Gasteiger partial charge < -0.3 is 10.1 Å². The number of H-pyrrole nitrogens is 1. The van der Waals surface area contributed by atoms with Crippen molar-refractivity contribution in [1.29, 1.82) is 0 Å². The van der Waals surface area contributed by atoms with Crippen LogP contribution < -0.4 is 11.2 Å². The highest BCUT2D eigenvalue weighted by Gasteiger charge is 2.20. The van der Waals surface area contributed by atoms with Gasteiger partial charge in [-0.05, 0) is 12.5 Å². The molecule has 3 rings (SSSR count). The van der Waals surface area contributed by atoms with Crippen LogP contribution in [-0.2, 0) is 14.1 Å². The summed E-state index contributed by atoms with van der Waals surface area (Å²) in [6.07, 6.45) is -0.751. The fourth-order valence-electron chi connectivity index (χ4n) is 2.69. The smallest absolute Gasteiger partial charge is 0.332 e. The Morgan fingerprint density at radius 3 is 2.52 bits per heavy atom. The number of likely N-dealkylation sites (N-methyl/N-ethyl adjacent to an activating group) is 1. The van der Waals surface area contributed by atoms with Crippen molar-refractivity contribution in [1.82, 2.24) is 24.1 Å². The van der Waals surface area contributed by atoms with Gasteiger partial charge in [0.25, 0.3) is 11.5 Å². The Morgan fingerprint density at radius 2 is 1.85 bits per heavy atom. The van der Waals surface area contributed by atoms with E-state index in [-0.39, 0.29) is 23.2 Å². The highest BCUT2D eigenvalue weighted by molar-refractivity contribution is 5.71. The number of aliphatic hydroxyl groups is 1. The Balaban J connectivity index is 1.85. The average molecular weight is 371 g/mol. The predicted molar refractivity (Wildman–Crippen MR) is 99.7 cm³/mol. The van der Waals surface area contributed by atoms with Crippen molar-refractivity contribution in [3.8, 4) is 0 Å². The van der Waals surface area contributed by atoms with E-state index in [4.69, 9.17) is 0 Å². The van der Waals surface area contributed by atoms with E-state index in [0.717, 1.165) is 10.1 Å². The molecule has 0 saturated heterocycles. The lowest BCUT2D eigenvalue weighted by Crippen LogP contribution is -2.36. The van der Waals surface area contributed by atoms with Crippen LogP contribution in [-0.4, -0.2) is 42.3 Å². The zero-order chi connectivity index (χ0) is 19.7. The number of imidazole rings is 1. The maximum Gasteiger partial charge on any atom is 0.332 e. The minimum Gasteiger partial charge on any atom is -0.386 e. The topological polar surface area (TPSA) is 121 Å². The molecule has 10 nitrogen and oxygen atoms in total. The van der Waals surface area contributed by atoms with E-state index in [1.807, 2.05) is 37.3 Å². The first-order chi connectivity index (χ1) is 12.8. The van der Waals surface area contributed by atoms with Crippen LogP contribution in [0.3, 0.4) is 0 Å². The average Bonchev–Trinajstić information content (AvgIpc) is 3.13. The maximum absolute atomic E-state index is 12.2. The third-order valence-corrected chi connectivity index (χ3v) is 4.55. The third-order valence-electron chi connectivity index (χ3n) is 4.55. The number of aryl methyl sites for hydroxylation is 1. The summed E-state index contributed by atoms with van der Waals surface area (Å²) in [7, 11) is 4.60. The van der Waals surface area contributed by atoms with Crippen LogP contribution in [0.1, 0.15) is 18.6 Å². The second-order valence-corrected chi connectivity index (χ2v) is 6.32. The van der Waals surface area contributed by atoms with Gasteiger partial charge in [-0.25, -0.2) is 4.79 Å². The van der Waals surface area contributed by atoms with Gasteiger partial charge in [0.2, 0.25) is 0 Å². The number of aromatic nitrogens is 4. The van der Waals surface area contributed by atoms with Crippen molar-refractivity contribution in [2.24, 2.45) is 24.4 Å². The molecule has 0 bridgehead atoms. The standard InChI is InChI=1S/C17H21N7O3/c1-10(13(25)11-8-6-5-7-9-11)24(4)21-20-16-18-12-14(19-16)22(2)17(27)23(3)15(12)26/h5-10,13,25H,1-4H3,(H,18,19)/b21-20+. The molecular formula is C17H21N7O3. The molecule has 1 aromatic carbocycles. The van der Waals surface area contributed by atoms with Gasteiger partial charge in [-0.2, -0.15) is 4.98 Å². The predicted octanol–water partition coefficient (Wildman–Crippen LogP) is 1.01. The van der Waals surface area contributed by atoms with Crippen molar-refractivity contribution in [3.05, 3.63) is 56.7 Å². The number of fused-ring (bicyclic) bond motifs is 1. The van der Waals surface area contributed by atoms with Gasteiger partial charge in [0.1, 0.15) is 6.10 Å². The summed E-state index contributed by atoms with van der Waals surface area (Å²) in [6, 6.07) is 8.91. The number of hydrogen-bond acceptors (Lipinski definition) is 6. The molecule has 2 atom stereocenters. The molecule has 0 aliphatic rings. The minimum atomic E-state index is -0.751. The van der Waals surface area contributed by atoms with Crippen LogP contribution in [0.25, 0.3) is 11.2 Å². The minimum absolute atomic E-state index is 0.0940. The van der Waals surface area contributed by atoms with E-state index in [9.17, 15) is 14.7 Å². The zero-order valence-corrected chi connectivity index (χ0v) is 15.5. The zero-order valence-electron chi connectivity index (χ0n) is 15.5. The lowest BCUT2D eigenvalue weighted by Gasteiger charge is -2.25. The molecule has 0 aliphatic carbocycles. The highest BCUT2D eigenvalue weighted by atomic mass is 16.3. The van der Waals surface area contributed by atoms with E-state index < -0.39 is 17.4 Å². The van der Waals surface area contributed by atoms with Crippen molar-refractivity contribution in [3.63, 3.8) is 0 Å². The Kier molecular flexibility index (Phi) is 4.91. The molecule has 0 fully saturated rings. The van der Waals surface area contributed by atoms with Crippen LogP contribution in [0.5, 0.6) is 0 Å². The van der Waals surface area contributed by atoms with E-state index >= 15 is 0 Å². The SMILES string of the molecule is CC(C(O)c1ccccc1)N(C)/N=N/c1nc2c([nH]1)c(=O)n(C)c(=O)n2C. The molecule has 10 heteroatoms. The quantitative estimate of drug-likeness (QED) is 0.512. The van der Waals surface area contributed by atoms with E-state index in [1.165, 1.54) is 23.7 Å². The van der Waals surface area contributed by atoms with Crippen LogP contribution >= 0.6 is 0 Å². The van der Waals surface area contributed by atoms with Crippen LogP contribution in [0.4, 0.5) is 5.95 Å². The molecule has 0 spiro atoms. The molecule has 0 radical (unpaired) electrons. The summed E-state index contributed by atoms with van der Waals surface area (Å²) < 4.78 is 2.25. The first-order valence-electron chi connectivity index (χ1n) is 8.34. The van der Waals surface area contributed by atoms with Crippen LogP contribution in [0.2, 0.25) is 0 Å². The van der Waals surface area contributed by atoms with Gasteiger partial charge in [-0.3, -0.25) is 18.9 Å². The Hall–Kier alpha value is -3.27. The summed E-state index contributed by atoms with van der Waals surface area (Å²) in [5, 5.41) is 20.0. The Labute approximate surface area is 154 Å². The highest BCUT2D eigenvalue weighted by Crippen LogP contribution is 2.21. The van der Waals surface area contributed by atoms with Crippen molar-refractivity contribution < 1.29 is 5.11 Å². The molecule has 27 heavy (non-hydrogen) atoms. The van der Waals surface area contributed by atoms with E-state index in [2.05, 4.69) is 20.3 Å². The molecule has 2 N–H and O–H groups in total. The summed E-state index contributed by atoms with van der Waals surface area (Å²) in [4.78, 5) is 31.1. The van der Waals surface area contributed by atoms with Gasteiger partial charge in [-0.1, -0.05) is 40.7 Å². The lowest BCUT2D eigenvalue weighted by molar-refractivity contribution is 0.0700. The van der Waals surface area contributed by atoms with Crippen molar-refractivity contribution in [2.45, 2.75) is 19.1 Å². The normalized spacial score (nSPS) is 14.0. The Bertz CT molecular complexity index is 1100. The summed E-state index contributed by atoms with van der Waals surface area (Å²) >= 11 is 0. The van der Waals surface area contributed by atoms with Crippen LogP contribution in [0.15, 0.2) is 50.3 Å². The molecule has 3 aromatic rings. The maximum atomic E-state index is 12.2. The summed E-state index contributed by atoms with van der Waals surface area (Å²) in [6.45, 7) is 1.81. The van der Waals surface area contributed by atoms with Crippen molar-refractivity contribution in [2.75, 3.05) is 7.05 Å². The van der Waals surface area contributed by atoms with Gasteiger partial charge in [0, 0.05) is 21.1 Å². The first kappa shape index (κ1) is 18.5. The number of rotatable bonds is 5. The number of benzene rings is 1. The fraction of sp³-hybridized carbons (Fsp3) is 0.353.